The van der Waals surface area contributed by atoms with Gasteiger partial charge in [0.05, 0.1) is 10.4 Å². The molecule has 1 N–H and O–H groups in total. The molecule has 0 spiro atoms. The Hall–Kier alpha value is -1.27. The molecule has 50 valence electrons. The standard InChI is InChI=1S/C7H4O2S/c1-2-6-5(7(8)9)3-4-10-6/h1,3-4H,(H,8,9). The molecule has 1 aromatic rings. The van der Waals surface area contributed by atoms with Crippen LogP contribution in [0.15, 0.2) is 11.4 Å². The molecule has 0 radical (unpaired) electrons. The minimum atomic E-state index is -0.964. The van der Waals surface area contributed by atoms with Crippen molar-refractivity contribution >= 4 is 17.3 Å². The number of aromatic carboxylic acids is 1. The summed E-state index contributed by atoms with van der Waals surface area (Å²) in [5, 5.41) is 10.2. The fraction of sp³-hybridized carbons (Fsp3) is 0. The average Bonchev–Trinajstić information content (AvgIpc) is 2.33. The molecular weight excluding hydrogens is 148 g/mol. The van der Waals surface area contributed by atoms with Crippen LogP contribution in [0.25, 0.3) is 0 Å². The number of thiophene rings is 1. The number of hydrogen-bond acceptors (Lipinski definition) is 2. The lowest BCUT2D eigenvalue weighted by molar-refractivity contribution is 0.0697. The first-order valence-electron chi connectivity index (χ1n) is 2.53. The molecule has 0 saturated heterocycles. The van der Waals surface area contributed by atoms with Crippen molar-refractivity contribution in [1.82, 2.24) is 0 Å². The van der Waals surface area contributed by atoms with Crippen molar-refractivity contribution in [3.8, 4) is 12.3 Å². The van der Waals surface area contributed by atoms with E-state index in [4.69, 9.17) is 11.5 Å². The molecule has 1 aromatic heterocycles. The second-order valence-electron chi connectivity index (χ2n) is 1.61. The van der Waals surface area contributed by atoms with Crippen LogP contribution in [-0.4, -0.2) is 11.1 Å². The summed E-state index contributed by atoms with van der Waals surface area (Å²) in [7, 11) is 0. The van der Waals surface area contributed by atoms with Crippen molar-refractivity contribution in [1.29, 1.82) is 0 Å². The highest BCUT2D eigenvalue weighted by Gasteiger charge is 2.07. The van der Waals surface area contributed by atoms with Gasteiger partial charge in [0.15, 0.2) is 0 Å². The molecule has 10 heavy (non-hydrogen) atoms. The van der Waals surface area contributed by atoms with Crippen LogP contribution in [0.3, 0.4) is 0 Å². The van der Waals surface area contributed by atoms with E-state index >= 15 is 0 Å². The van der Waals surface area contributed by atoms with E-state index in [-0.39, 0.29) is 5.56 Å². The molecule has 0 aliphatic heterocycles. The van der Waals surface area contributed by atoms with E-state index in [9.17, 15) is 4.79 Å². The van der Waals surface area contributed by atoms with Crippen LogP contribution in [0.5, 0.6) is 0 Å². The number of hydrogen-bond donors (Lipinski definition) is 1. The summed E-state index contributed by atoms with van der Waals surface area (Å²) in [4.78, 5) is 10.8. The highest BCUT2D eigenvalue weighted by Crippen LogP contribution is 2.14. The Morgan fingerprint density at radius 2 is 2.50 bits per heavy atom. The van der Waals surface area contributed by atoms with Crippen molar-refractivity contribution in [3.63, 3.8) is 0 Å². The normalized spacial score (nSPS) is 8.70. The van der Waals surface area contributed by atoms with E-state index in [0.717, 1.165) is 0 Å². The molecule has 0 aliphatic rings. The van der Waals surface area contributed by atoms with E-state index in [1.165, 1.54) is 17.4 Å². The number of rotatable bonds is 1. The van der Waals surface area contributed by atoms with Gasteiger partial charge in [-0.3, -0.25) is 0 Å². The number of carbonyl (C=O) groups is 1. The lowest BCUT2D eigenvalue weighted by atomic mass is 10.3. The third-order valence-corrected chi connectivity index (χ3v) is 1.87. The molecule has 0 fully saturated rings. The molecule has 0 unspecified atom stereocenters. The fourth-order valence-electron chi connectivity index (χ4n) is 0.589. The lowest BCUT2D eigenvalue weighted by Crippen LogP contribution is -1.94. The SMILES string of the molecule is C#Cc1sccc1C(=O)O. The van der Waals surface area contributed by atoms with Gasteiger partial charge in [-0.05, 0) is 11.4 Å². The van der Waals surface area contributed by atoms with Gasteiger partial charge in [-0.2, -0.15) is 0 Å². The smallest absolute Gasteiger partial charge is 0.337 e. The number of carboxylic acids is 1. The third-order valence-electron chi connectivity index (χ3n) is 1.03. The summed E-state index contributed by atoms with van der Waals surface area (Å²) in [5.41, 5.74) is 0.215. The van der Waals surface area contributed by atoms with Crippen LogP contribution in [0, 0.1) is 12.3 Å². The summed E-state index contributed by atoms with van der Waals surface area (Å²) in [6.45, 7) is 0. The number of terminal acetylenes is 1. The van der Waals surface area contributed by atoms with Gasteiger partial charge in [0, 0.05) is 0 Å². The molecule has 0 atom stereocenters. The maximum atomic E-state index is 10.4. The average molecular weight is 152 g/mol. The maximum Gasteiger partial charge on any atom is 0.337 e. The molecule has 3 heteroatoms. The van der Waals surface area contributed by atoms with Crippen LogP contribution >= 0.6 is 11.3 Å². The minimum Gasteiger partial charge on any atom is -0.478 e. The summed E-state index contributed by atoms with van der Waals surface area (Å²) in [6, 6.07) is 1.50. The molecule has 2 nitrogen and oxygen atoms in total. The van der Waals surface area contributed by atoms with Crippen LogP contribution in [-0.2, 0) is 0 Å². The van der Waals surface area contributed by atoms with E-state index in [2.05, 4.69) is 5.92 Å². The van der Waals surface area contributed by atoms with Gasteiger partial charge >= 0.3 is 5.97 Å². The zero-order valence-electron chi connectivity index (χ0n) is 5.00. The minimum absolute atomic E-state index is 0.215. The van der Waals surface area contributed by atoms with Crippen molar-refractivity contribution < 1.29 is 9.90 Å². The van der Waals surface area contributed by atoms with Crippen LogP contribution in [0.4, 0.5) is 0 Å². The van der Waals surface area contributed by atoms with Gasteiger partial charge in [0.25, 0.3) is 0 Å². The van der Waals surface area contributed by atoms with Crippen molar-refractivity contribution in [2.75, 3.05) is 0 Å². The zero-order chi connectivity index (χ0) is 7.56. The monoisotopic (exact) mass is 152 g/mol. The first-order chi connectivity index (χ1) is 4.75. The van der Waals surface area contributed by atoms with E-state index in [0.29, 0.717) is 4.88 Å². The Bertz CT molecular complexity index is 293. The summed E-state index contributed by atoms with van der Waals surface area (Å²) in [6.07, 6.45) is 5.03. The molecule has 0 amide bonds. The highest BCUT2D eigenvalue weighted by molar-refractivity contribution is 7.10. The van der Waals surface area contributed by atoms with E-state index in [1.54, 1.807) is 5.38 Å². The maximum absolute atomic E-state index is 10.4. The van der Waals surface area contributed by atoms with Gasteiger partial charge in [0.2, 0.25) is 0 Å². The van der Waals surface area contributed by atoms with Crippen LogP contribution < -0.4 is 0 Å². The Morgan fingerprint density at radius 1 is 1.80 bits per heavy atom. The van der Waals surface area contributed by atoms with Crippen LogP contribution in [0.1, 0.15) is 15.2 Å². The highest BCUT2D eigenvalue weighted by atomic mass is 32.1. The zero-order valence-corrected chi connectivity index (χ0v) is 5.81. The van der Waals surface area contributed by atoms with E-state index < -0.39 is 5.97 Å². The second-order valence-corrected chi connectivity index (χ2v) is 2.53. The number of carboxylic acid groups (broad SMARTS) is 1. The Morgan fingerprint density at radius 3 is 2.90 bits per heavy atom. The second kappa shape index (κ2) is 2.54. The molecule has 1 rings (SSSR count). The van der Waals surface area contributed by atoms with Crippen molar-refractivity contribution in [2.24, 2.45) is 0 Å². The van der Waals surface area contributed by atoms with Gasteiger partial charge in [0.1, 0.15) is 0 Å². The third kappa shape index (κ3) is 1.02. The van der Waals surface area contributed by atoms with Crippen LogP contribution in [0.2, 0.25) is 0 Å². The Labute approximate surface area is 62.1 Å². The molecule has 0 bridgehead atoms. The van der Waals surface area contributed by atoms with Gasteiger partial charge in [-0.1, -0.05) is 5.92 Å². The topological polar surface area (TPSA) is 37.3 Å². The molecular formula is C7H4O2S. The predicted molar refractivity (Wildman–Crippen MR) is 39.2 cm³/mol. The fourth-order valence-corrected chi connectivity index (χ4v) is 1.28. The largest absolute Gasteiger partial charge is 0.478 e. The predicted octanol–water partition coefficient (Wildman–Crippen LogP) is 1.43. The molecule has 0 saturated carbocycles. The summed E-state index contributed by atoms with van der Waals surface area (Å²) in [5.74, 6) is 1.33. The Balaban J connectivity index is 3.17. The lowest BCUT2D eigenvalue weighted by Gasteiger charge is -1.85. The summed E-state index contributed by atoms with van der Waals surface area (Å²) >= 11 is 1.26. The Kier molecular flexibility index (Phi) is 1.74. The first kappa shape index (κ1) is 6.84. The molecule has 0 aliphatic carbocycles. The quantitative estimate of drug-likeness (QED) is 0.618. The summed E-state index contributed by atoms with van der Waals surface area (Å²) < 4.78 is 0. The van der Waals surface area contributed by atoms with Gasteiger partial charge in [-0.25, -0.2) is 4.79 Å². The van der Waals surface area contributed by atoms with Gasteiger partial charge < -0.3 is 5.11 Å². The molecule has 0 aromatic carbocycles. The van der Waals surface area contributed by atoms with Crippen molar-refractivity contribution in [3.05, 3.63) is 21.9 Å². The molecule has 1 heterocycles. The first-order valence-corrected chi connectivity index (χ1v) is 3.41. The van der Waals surface area contributed by atoms with Gasteiger partial charge in [-0.15, -0.1) is 17.8 Å². The van der Waals surface area contributed by atoms with Crippen molar-refractivity contribution in [2.45, 2.75) is 0 Å². The van der Waals surface area contributed by atoms with E-state index in [1.807, 2.05) is 0 Å².